The molecule has 0 N–H and O–H groups in total. The third kappa shape index (κ3) is 2.83. The van der Waals surface area contributed by atoms with Crippen LogP contribution in [-0.4, -0.2) is 56.5 Å². The molecule has 2 atom stereocenters. The number of carbonyl (C=O) groups excluding carboxylic acids is 1. The van der Waals surface area contributed by atoms with E-state index in [-0.39, 0.29) is 5.91 Å². The highest BCUT2D eigenvalue weighted by Crippen LogP contribution is 2.36. The number of amides is 1. The standard InChI is InChI=1S/C21H22N6O/c1-15-5-4-8-20(24-15)26-13-16-9-12-25(14-19(16)26)21(28)17-6-2-3-7-18(17)27-22-10-11-23-27/h2-8,10-11,16,19H,9,12-14H2,1H3. The van der Waals surface area contributed by atoms with Crippen LogP contribution in [0.25, 0.3) is 5.69 Å². The average Bonchev–Trinajstić information content (AvgIpc) is 3.23. The fourth-order valence-electron chi connectivity index (χ4n) is 4.27. The number of hydrogen-bond donors (Lipinski definition) is 0. The highest BCUT2D eigenvalue weighted by molar-refractivity contribution is 5.97. The molecule has 0 aliphatic carbocycles. The van der Waals surface area contributed by atoms with Crippen LogP contribution in [0.3, 0.4) is 0 Å². The maximum atomic E-state index is 13.3. The van der Waals surface area contributed by atoms with Gasteiger partial charge in [0.25, 0.3) is 5.91 Å². The van der Waals surface area contributed by atoms with E-state index >= 15 is 0 Å². The quantitative estimate of drug-likeness (QED) is 0.704. The van der Waals surface area contributed by atoms with Crippen LogP contribution in [-0.2, 0) is 0 Å². The summed E-state index contributed by atoms with van der Waals surface area (Å²) >= 11 is 0. The molecule has 4 heterocycles. The van der Waals surface area contributed by atoms with Crippen molar-refractivity contribution in [2.45, 2.75) is 19.4 Å². The van der Waals surface area contributed by atoms with Crippen LogP contribution in [0.2, 0.25) is 0 Å². The second kappa shape index (κ2) is 6.74. The van der Waals surface area contributed by atoms with Gasteiger partial charge < -0.3 is 9.80 Å². The number of rotatable bonds is 3. The monoisotopic (exact) mass is 374 g/mol. The van der Waals surface area contributed by atoms with Gasteiger partial charge in [0.2, 0.25) is 0 Å². The lowest BCUT2D eigenvalue weighted by Gasteiger charge is -2.54. The van der Waals surface area contributed by atoms with Crippen LogP contribution in [0, 0.1) is 12.8 Å². The average molecular weight is 374 g/mol. The SMILES string of the molecule is Cc1cccc(N2CC3CCN(C(=O)c4ccccc4-n4nccn4)CC32)n1. The van der Waals surface area contributed by atoms with E-state index in [0.717, 1.165) is 37.6 Å². The molecule has 0 radical (unpaired) electrons. The van der Waals surface area contributed by atoms with E-state index in [9.17, 15) is 4.79 Å². The second-order valence-corrected chi connectivity index (χ2v) is 7.49. The fourth-order valence-corrected chi connectivity index (χ4v) is 4.27. The van der Waals surface area contributed by atoms with Crippen molar-refractivity contribution in [3.05, 3.63) is 66.1 Å². The van der Waals surface area contributed by atoms with E-state index in [0.29, 0.717) is 23.2 Å². The van der Waals surface area contributed by atoms with Crippen molar-refractivity contribution in [1.29, 1.82) is 0 Å². The predicted octanol–water partition coefficient (Wildman–Crippen LogP) is 2.32. The Bertz CT molecular complexity index is 1000. The Morgan fingerprint density at radius 1 is 1.04 bits per heavy atom. The molecule has 7 nitrogen and oxygen atoms in total. The molecule has 1 amide bonds. The first-order valence-corrected chi connectivity index (χ1v) is 9.66. The molecule has 0 bridgehead atoms. The zero-order chi connectivity index (χ0) is 19.1. The number of anilines is 1. The van der Waals surface area contributed by atoms with E-state index in [1.807, 2.05) is 48.2 Å². The molecule has 3 aromatic rings. The molecule has 2 saturated heterocycles. The molecule has 2 unspecified atom stereocenters. The Labute approximate surface area is 163 Å². The Morgan fingerprint density at radius 2 is 1.86 bits per heavy atom. The Balaban J connectivity index is 1.38. The molecule has 0 spiro atoms. The van der Waals surface area contributed by atoms with E-state index in [2.05, 4.69) is 26.1 Å². The number of para-hydroxylation sites is 1. The van der Waals surface area contributed by atoms with Gasteiger partial charge in [-0.25, -0.2) is 4.98 Å². The summed E-state index contributed by atoms with van der Waals surface area (Å²) in [6.07, 6.45) is 4.27. The van der Waals surface area contributed by atoms with Gasteiger partial charge in [0.1, 0.15) is 5.82 Å². The molecule has 7 heteroatoms. The van der Waals surface area contributed by atoms with Gasteiger partial charge in [0.05, 0.1) is 29.7 Å². The molecule has 142 valence electrons. The Kier molecular flexibility index (Phi) is 4.07. The third-order valence-electron chi connectivity index (χ3n) is 5.78. The minimum Gasteiger partial charge on any atom is -0.351 e. The zero-order valence-corrected chi connectivity index (χ0v) is 15.8. The molecule has 1 aromatic carbocycles. The van der Waals surface area contributed by atoms with Crippen LogP contribution < -0.4 is 4.90 Å². The Hall–Kier alpha value is -3.22. The van der Waals surface area contributed by atoms with E-state index in [1.165, 1.54) is 4.80 Å². The number of likely N-dealkylation sites (tertiary alicyclic amines) is 1. The molecule has 28 heavy (non-hydrogen) atoms. The van der Waals surface area contributed by atoms with Gasteiger partial charge in [-0.15, -0.1) is 0 Å². The van der Waals surface area contributed by atoms with Crippen molar-refractivity contribution in [1.82, 2.24) is 24.9 Å². The van der Waals surface area contributed by atoms with Crippen LogP contribution in [0.5, 0.6) is 0 Å². The number of aromatic nitrogens is 4. The summed E-state index contributed by atoms with van der Waals surface area (Å²) in [5.74, 6) is 1.68. The number of carbonyl (C=O) groups is 1. The normalized spacial score (nSPS) is 21.2. The molecular weight excluding hydrogens is 352 g/mol. The minimum absolute atomic E-state index is 0.0374. The first-order chi connectivity index (χ1) is 13.7. The smallest absolute Gasteiger partial charge is 0.256 e. The molecule has 0 saturated carbocycles. The first kappa shape index (κ1) is 16.9. The Morgan fingerprint density at radius 3 is 2.68 bits per heavy atom. The maximum absolute atomic E-state index is 13.3. The van der Waals surface area contributed by atoms with Gasteiger partial charge in [-0.3, -0.25) is 4.79 Å². The van der Waals surface area contributed by atoms with Crippen LogP contribution in [0.1, 0.15) is 22.5 Å². The van der Waals surface area contributed by atoms with Crippen molar-refractivity contribution in [2.75, 3.05) is 24.5 Å². The van der Waals surface area contributed by atoms with Gasteiger partial charge in [-0.05, 0) is 37.6 Å². The highest BCUT2D eigenvalue weighted by Gasteiger charge is 2.44. The van der Waals surface area contributed by atoms with Crippen LogP contribution >= 0.6 is 0 Å². The lowest BCUT2D eigenvalue weighted by Crippen LogP contribution is -2.65. The van der Waals surface area contributed by atoms with Gasteiger partial charge in [-0.1, -0.05) is 18.2 Å². The number of nitrogens with zero attached hydrogens (tertiary/aromatic N) is 6. The highest BCUT2D eigenvalue weighted by atomic mass is 16.2. The molecule has 5 rings (SSSR count). The van der Waals surface area contributed by atoms with Crippen molar-refractivity contribution in [3.8, 4) is 5.69 Å². The summed E-state index contributed by atoms with van der Waals surface area (Å²) in [4.78, 5) is 23.8. The van der Waals surface area contributed by atoms with Crippen molar-refractivity contribution in [3.63, 3.8) is 0 Å². The number of piperidine rings is 1. The summed E-state index contributed by atoms with van der Waals surface area (Å²) in [5, 5.41) is 8.38. The number of benzene rings is 1. The molecule has 2 fully saturated rings. The second-order valence-electron chi connectivity index (χ2n) is 7.49. The maximum Gasteiger partial charge on any atom is 0.256 e. The molecular formula is C21H22N6O. The van der Waals surface area contributed by atoms with Crippen molar-refractivity contribution < 1.29 is 4.79 Å². The van der Waals surface area contributed by atoms with E-state index in [1.54, 1.807) is 12.4 Å². The number of hydrogen-bond acceptors (Lipinski definition) is 5. The largest absolute Gasteiger partial charge is 0.351 e. The summed E-state index contributed by atoms with van der Waals surface area (Å²) in [6.45, 7) is 4.55. The summed E-state index contributed by atoms with van der Waals surface area (Å²) in [6, 6.07) is 14.0. The number of aryl methyl sites for hydroxylation is 1. The number of fused-ring (bicyclic) bond motifs is 1. The van der Waals surface area contributed by atoms with Crippen LogP contribution in [0.4, 0.5) is 5.82 Å². The van der Waals surface area contributed by atoms with E-state index < -0.39 is 0 Å². The summed E-state index contributed by atoms with van der Waals surface area (Å²) in [7, 11) is 0. The topological polar surface area (TPSA) is 67.2 Å². The molecule has 2 aromatic heterocycles. The van der Waals surface area contributed by atoms with Crippen LogP contribution in [0.15, 0.2) is 54.9 Å². The van der Waals surface area contributed by atoms with E-state index in [4.69, 9.17) is 0 Å². The van der Waals surface area contributed by atoms with Crippen molar-refractivity contribution >= 4 is 11.7 Å². The fraction of sp³-hybridized carbons (Fsp3) is 0.333. The number of pyridine rings is 1. The van der Waals surface area contributed by atoms with Gasteiger partial charge in [0, 0.05) is 31.2 Å². The van der Waals surface area contributed by atoms with Gasteiger partial charge >= 0.3 is 0 Å². The van der Waals surface area contributed by atoms with Crippen molar-refractivity contribution in [2.24, 2.45) is 5.92 Å². The van der Waals surface area contributed by atoms with Gasteiger partial charge in [-0.2, -0.15) is 15.0 Å². The van der Waals surface area contributed by atoms with Gasteiger partial charge in [0.15, 0.2) is 0 Å². The summed E-state index contributed by atoms with van der Waals surface area (Å²) in [5.41, 5.74) is 2.37. The lowest BCUT2D eigenvalue weighted by atomic mass is 9.82. The summed E-state index contributed by atoms with van der Waals surface area (Å²) < 4.78 is 0. The first-order valence-electron chi connectivity index (χ1n) is 9.66. The molecule has 2 aliphatic rings. The zero-order valence-electron chi connectivity index (χ0n) is 15.8. The molecule has 2 aliphatic heterocycles. The predicted molar refractivity (Wildman–Crippen MR) is 105 cm³/mol. The minimum atomic E-state index is 0.0374. The lowest BCUT2D eigenvalue weighted by molar-refractivity contribution is 0.0591. The third-order valence-corrected chi connectivity index (χ3v) is 5.78.